The number of hydrogen-bond acceptors (Lipinski definition) is 1. The van der Waals surface area contributed by atoms with Crippen molar-refractivity contribution in [2.45, 2.75) is 6.54 Å². The molecule has 0 saturated carbocycles. The molecule has 0 spiro atoms. The smallest absolute Gasteiger partial charge is 0.0744 e. The second-order valence-electron chi connectivity index (χ2n) is 5.70. The summed E-state index contributed by atoms with van der Waals surface area (Å²) in [5.41, 5.74) is 6.40. The SMILES string of the molecule is Cn1cc2c(c1)-c1ccc(Cl)cc1C(c1ccccc1Cl)=NC2. The molecule has 23 heavy (non-hydrogen) atoms. The van der Waals surface area contributed by atoms with Crippen molar-refractivity contribution < 1.29 is 0 Å². The van der Waals surface area contributed by atoms with E-state index in [1.54, 1.807) is 0 Å². The van der Waals surface area contributed by atoms with Gasteiger partial charge in [-0.15, -0.1) is 0 Å². The van der Waals surface area contributed by atoms with Crippen molar-refractivity contribution in [2.75, 3.05) is 0 Å². The summed E-state index contributed by atoms with van der Waals surface area (Å²) in [4.78, 5) is 4.85. The lowest BCUT2D eigenvalue weighted by molar-refractivity contribution is 0.916. The first kappa shape index (κ1) is 14.6. The van der Waals surface area contributed by atoms with Crippen LogP contribution in [0.2, 0.25) is 10.0 Å². The third kappa shape index (κ3) is 2.48. The third-order valence-corrected chi connectivity index (χ3v) is 4.67. The van der Waals surface area contributed by atoms with Gasteiger partial charge in [-0.25, -0.2) is 0 Å². The van der Waals surface area contributed by atoms with E-state index >= 15 is 0 Å². The number of halogens is 2. The number of hydrogen-bond donors (Lipinski definition) is 0. The van der Waals surface area contributed by atoms with Crippen molar-refractivity contribution in [1.29, 1.82) is 0 Å². The summed E-state index contributed by atoms with van der Waals surface area (Å²) in [7, 11) is 2.03. The van der Waals surface area contributed by atoms with E-state index in [0.717, 1.165) is 22.4 Å². The van der Waals surface area contributed by atoms with Crippen molar-refractivity contribution in [3.8, 4) is 11.1 Å². The normalized spacial score (nSPS) is 13.1. The number of nitrogens with zero attached hydrogens (tertiary/aromatic N) is 2. The molecule has 2 heterocycles. The molecule has 0 fully saturated rings. The molecule has 114 valence electrons. The fraction of sp³-hybridized carbons (Fsp3) is 0.105. The van der Waals surface area contributed by atoms with Gasteiger partial charge in [0.2, 0.25) is 0 Å². The Balaban J connectivity index is 2.01. The van der Waals surface area contributed by atoms with Crippen LogP contribution in [0.3, 0.4) is 0 Å². The highest BCUT2D eigenvalue weighted by molar-refractivity contribution is 6.36. The first-order chi connectivity index (χ1) is 11.1. The van der Waals surface area contributed by atoms with Gasteiger partial charge >= 0.3 is 0 Å². The molecule has 3 aromatic rings. The monoisotopic (exact) mass is 340 g/mol. The van der Waals surface area contributed by atoms with E-state index in [-0.39, 0.29) is 0 Å². The summed E-state index contributed by atoms with van der Waals surface area (Å²) in [5, 5.41) is 1.40. The van der Waals surface area contributed by atoms with E-state index in [2.05, 4.69) is 23.0 Å². The van der Waals surface area contributed by atoms with Crippen LogP contribution in [0.15, 0.2) is 59.9 Å². The topological polar surface area (TPSA) is 17.3 Å². The van der Waals surface area contributed by atoms with Crippen molar-refractivity contribution in [3.05, 3.63) is 81.6 Å². The van der Waals surface area contributed by atoms with E-state index < -0.39 is 0 Å². The van der Waals surface area contributed by atoms with Crippen LogP contribution in [0.25, 0.3) is 11.1 Å². The van der Waals surface area contributed by atoms with Gasteiger partial charge in [-0.05, 0) is 29.3 Å². The lowest BCUT2D eigenvalue weighted by Crippen LogP contribution is -2.05. The molecular formula is C19H14Cl2N2. The molecule has 1 aromatic heterocycles. The molecule has 0 bridgehead atoms. The van der Waals surface area contributed by atoms with Crippen LogP contribution in [0.4, 0.5) is 0 Å². The lowest BCUT2D eigenvalue weighted by Gasteiger charge is -2.12. The van der Waals surface area contributed by atoms with Crippen LogP contribution in [0.1, 0.15) is 16.7 Å². The Morgan fingerprint density at radius 2 is 1.74 bits per heavy atom. The first-order valence-electron chi connectivity index (χ1n) is 7.38. The molecule has 2 nitrogen and oxygen atoms in total. The van der Waals surface area contributed by atoms with Crippen LogP contribution >= 0.6 is 23.2 Å². The summed E-state index contributed by atoms with van der Waals surface area (Å²) in [5.74, 6) is 0. The summed E-state index contributed by atoms with van der Waals surface area (Å²) in [6, 6.07) is 13.8. The van der Waals surface area contributed by atoms with Crippen LogP contribution in [-0.4, -0.2) is 10.3 Å². The average molecular weight is 341 g/mol. The molecule has 2 aromatic carbocycles. The fourth-order valence-electron chi connectivity index (χ4n) is 3.09. The standard InChI is InChI=1S/C19H14Cl2N2/c1-23-10-12-9-22-19(15-4-2-3-5-18(15)21)16-8-13(20)6-7-14(16)17(12)11-23/h2-8,10-11H,9H2,1H3. The van der Waals surface area contributed by atoms with Gasteiger partial charge in [0.25, 0.3) is 0 Å². The van der Waals surface area contributed by atoms with Crippen molar-refractivity contribution in [1.82, 2.24) is 4.57 Å². The van der Waals surface area contributed by atoms with Gasteiger partial charge in [0.15, 0.2) is 0 Å². The predicted octanol–water partition coefficient (Wildman–Crippen LogP) is 5.35. The molecule has 0 N–H and O–H groups in total. The van der Waals surface area contributed by atoms with Gasteiger partial charge in [0.1, 0.15) is 0 Å². The quantitative estimate of drug-likeness (QED) is 0.568. The number of aryl methyl sites for hydroxylation is 1. The second kappa shape index (κ2) is 5.55. The van der Waals surface area contributed by atoms with Gasteiger partial charge in [0.05, 0.1) is 12.3 Å². The summed E-state index contributed by atoms with van der Waals surface area (Å²) < 4.78 is 2.07. The average Bonchev–Trinajstić information content (AvgIpc) is 2.83. The van der Waals surface area contributed by atoms with E-state index in [1.807, 2.05) is 43.4 Å². The Labute approximate surface area is 145 Å². The Bertz CT molecular complexity index is 938. The van der Waals surface area contributed by atoms with E-state index in [0.29, 0.717) is 16.6 Å². The highest BCUT2D eigenvalue weighted by atomic mass is 35.5. The molecular weight excluding hydrogens is 327 g/mol. The van der Waals surface area contributed by atoms with E-state index in [1.165, 1.54) is 11.1 Å². The largest absolute Gasteiger partial charge is 0.356 e. The zero-order chi connectivity index (χ0) is 16.0. The van der Waals surface area contributed by atoms with Gasteiger partial charge in [-0.1, -0.05) is 47.5 Å². The van der Waals surface area contributed by atoms with Gasteiger partial charge in [-0.2, -0.15) is 0 Å². The third-order valence-electron chi connectivity index (χ3n) is 4.10. The highest BCUT2D eigenvalue weighted by Gasteiger charge is 2.21. The Morgan fingerprint density at radius 1 is 0.913 bits per heavy atom. The second-order valence-corrected chi connectivity index (χ2v) is 6.54. The molecule has 1 aliphatic heterocycles. The van der Waals surface area contributed by atoms with E-state index in [9.17, 15) is 0 Å². The minimum absolute atomic E-state index is 0.628. The molecule has 0 radical (unpaired) electrons. The molecule has 0 saturated heterocycles. The zero-order valence-electron chi connectivity index (χ0n) is 12.6. The van der Waals surface area contributed by atoms with Crippen LogP contribution in [0.5, 0.6) is 0 Å². The number of benzene rings is 2. The number of rotatable bonds is 1. The first-order valence-corrected chi connectivity index (χ1v) is 8.13. The van der Waals surface area contributed by atoms with E-state index in [4.69, 9.17) is 28.2 Å². The Kier molecular flexibility index (Phi) is 3.51. The minimum Gasteiger partial charge on any atom is -0.356 e. The molecule has 4 heteroatoms. The molecule has 0 aliphatic carbocycles. The summed E-state index contributed by atoms with van der Waals surface area (Å²) in [6.45, 7) is 0.628. The number of fused-ring (bicyclic) bond motifs is 3. The Hall–Kier alpha value is -2.03. The fourth-order valence-corrected chi connectivity index (χ4v) is 3.49. The highest BCUT2D eigenvalue weighted by Crippen LogP contribution is 2.35. The molecule has 0 atom stereocenters. The number of aliphatic imine (C=N–C) groups is 1. The van der Waals surface area contributed by atoms with Gasteiger partial charge < -0.3 is 4.57 Å². The maximum atomic E-state index is 6.41. The minimum atomic E-state index is 0.628. The number of aromatic nitrogens is 1. The zero-order valence-corrected chi connectivity index (χ0v) is 14.1. The molecule has 1 aliphatic rings. The van der Waals surface area contributed by atoms with Crippen molar-refractivity contribution in [3.63, 3.8) is 0 Å². The van der Waals surface area contributed by atoms with Crippen LogP contribution < -0.4 is 0 Å². The van der Waals surface area contributed by atoms with Gasteiger partial charge in [-0.3, -0.25) is 4.99 Å². The lowest BCUT2D eigenvalue weighted by atomic mass is 9.94. The maximum absolute atomic E-state index is 6.41. The summed E-state index contributed by atoms with van der Waals surface area (Å²) in [6.07, 6.45) is 4.25. The maximum Gasteiger partial charge on any atom is 0.0744 e. The van der Waals surface area contributed by atoms with Crippen molar-refractivity contribution >= 4 is 28.9 Å². The molecule has 4 rings (SSSR count). The Morgan fingerprint density at radius 3 is 2.57 bits per heavy atom. The molecule has 0 amide bonds. The predicted molar refractivity (Wildman–Crippen MR) is 96.7 cm³/mol. The van der Waals surface area contributed by atoms with Crippen LogP contribution in [0, 0.1) is 0 Å². The van der Waals surface area contributed by atoms with Crippen LogP contribution in [-0.2, 0) is 13.6 Å². The van der Waals surface area contributed by atoms with Gasteiger partial charge in [0, 0.05) is 46.2 Å². The molecule has 0 unspecified atom stereocenters. The van der Waals surface area contributed by atoms with Crippen molar-refractivity contribution in [2.24, 2.45) is 12.0 Å². The summed E-state index contributed by atoms with van der Waals surface area (Å²) >= 11 is 12.7.